The van der Waals surface area contributed by atoms with Crippen LogP contribution in [0.15, 0.2) is 10.6 Å². The van der Waals surface area contributed by atoms with Crippen molar-refractivity contribution in [3.63, 3.8) is 0 Å². The molecule has 0 aromatic carbocycles. The van der Waals surface area contributed by atoms with Crippen molar-refractivity contribution in [1.29, 1.82) is 0 Å². The van der Waals surface area contributed by atoms with Crippen LogP contribution in [0.3, 0.4) is 0 Å². The average Bonchev–Trinajstić information content (AvgIpc) is 3.15. The number of likely N-dealkylation sites (N-methyl/N-ethyl adjacent to an activating group) is 1. The van der Waals surface area contributed by atoms with E-state index < -0.39 is 0 Å². The summed E-state index contributed by atoms with van der Waals surface area (Å²) in [6.45, 7) is 10.9. The Morgan fingerprint density at radius 2 is 1.97 bits per heavy atom. The zero-order chi connectivity index (χ0) is 22.4. The predicted molar refractivity (Wildman–Crippen MR) is 116 cm³/mol. The van der Waals surface area contributed by atoms with Crippen LogP contribution in [0.25, 0.3) is 0 Å². The van der Waals surface area contributed by atoms with Gasteiger partial charge in [-0.3, -0.25) is 9.59 Å². The highest BCUT2D eigenvalue weighted by Crippen LogP contribution is 2.34. The SMILES string of the molecule is Cc1nc(NC2CN(C(=O)c3cc(C(C)C)on3)C2)nc2c1NC(=O)[C@H](C(C)C)N2C. The summed E-state index contributed by atoms with van der Waals surface area (Å²) >= 11 is 0. The molecular formula is C21H29N7O3. The van der Waals surface area contributed by atoms with Crippen LogP contribution >= 0.6 is 0 Å². The molecule has 1 saturated heterocycles. The van der Waals surface area contributed by atoms with Gasteiger partial charge in [0.25, 0.3) is 5.91 Å². The second kappa shape index (κ2) is 7.82. The van der Waals surface area contributed by atoms with Gasteiger partial charge < -0.3 is 25.0 Å². The molecule has 166 valence electrons. The van der Waals surface area contributed by atoms with Crippen LogP contribution in [-0.2, 0) is 4.79 Å². The number of amides is 2. The first kappa shape index (κ1) is 21.1. The van der Waals surface area contributed by atoms with Crippen LogP contribution in [0.1, 0.15) is 55.6 Å². The third-order valence-corrected chi connectivity index (χ3v) is 5.79. The number of aryl methyl sites for hydroxylation is 1. The number of carbonyl (C=O) groups is 2. The van der Waals surface area contributed by atoms with Gasteiger partial charge in [-0.1, -0.05) is 32.9 Å². The standard InChI is InChI=1S/C21H29N7O3/c1-10(2)15-7-14(26-31-15)20(30)28-8-13(9-28)23-21-22-12(5)16-18(25-21)27(6)17(11(3)4)19(29)24-16/h7,10-11,13,17H,8-9H2,1-6H3,(H,24,29)(H,22,23,25)/t17-/m0/s1. The lowest BCUT2D eigenvalue weighted by Gasteiger charge is -2.40. The molecule has 2 N–H and O–H groups in total. The van der Waals surface area contributed by atoms with Crippen LogP contribution in [0.2, 0.25) is 0 Å². The maximum Gasteiger partial charge on any atom is 0.276 e. The Morgan fingerprint density at radius 1 is 1.26 bits per heavy atom. The quantitative estimate of drug-likeness (QED) is 0.746. The molecule has 0 unspecified atom stereocenters. The highest BCUT2D eigenvalue weighted by atomic mass is 16.5. The first-order valence-corrected chi connectivity index (χ1v) is 10.6. The number of nitrogens with zero attached hydrogens (tertiary/aromatic N) is 5. The molecular weight excluding hydrogens is 398 g/mol. The Kier molecular flexibility index (Phi) is 5.32. The molecule has 10 nitrogen and oxygen atoms in total. The van der Waals surface area contributed by atoms with Crippen molar-refractivity contribution in [1.82, 2.24) is 20.0 Å². The summed E-state index contributed by atoms with van der Waals surface area (Å²) in [7, 11) is 1.88. The van der Waals surface area contributed by atoms with E-state index in [1.165, 1.54) is 0 Å². The van der Waals surface area contributed by atoms with E-state index in [0.717, 1.165) is 0 Å². The van der Waals surface area contributed by atoms with E-state index in [1.54, 1.807) is 11.0 Å². The highest BCUT2D eigenvalue weighted by molar-refractivity contribution is 6.03. The van der Waals surface area contributed by atoms with Crippen molar-refractivity contribution in [3.05, 3.63) is 23.2 Å². The largest absolute Gasteiger partial charge is 0.360 e. The van der Waals surface area contributed by atoms with Crippen molar-refractivity contribution in [2.24, 2.45) is 5.92 Å². The molecule has 2 aromatic heterocycles. The van der Waals surface area contributed by atoms with Gasteiger partial charge in [-0.2, -0.15) is 4.98 Å². The predicted octanol–water partition coefficient (Wildman–Crippen LogP) is 2.25. The molecule has 1 atom stereocenters. The van der Waals surface area contributed by atoms with Crippen molar-refractivity contribution >= 4 is 29.3 Å². The van der Waals surface area contributed by atoms with Crippen molar-refractivity contribution in [2.75, 3.05) is 35.7 Å². The van der Waals surface area contributed by atoms with E-state index in [0.29, 0.717) is 47.7 Å². The first-order chi connectivity index (χ1) is 14.7. The monoisotopic (exact) mass is 427 g/mol. The van der Waals surface area contributed by atoms with Crippen LogP contribution in [0, 0.1) is 12.8 Å². The van der Waals surface area contributed by atoms with Gasteiger partial charge in [-0.15, -0.1) is 0 Å². The fourth-order valence-electron chi connectivity index (χ4n) is 4.02. The highest BCUT2D eigenvalue weighted by Gasteiger charge is 2.37. The van der Waals surface area contributed by atoms with E-state index in [1.807, 2.05) is 46.6 Å². The van der Waals surface area contributed by atoms with Gasteiger partial charge in [0.1, 0.15) is 17.5 Å². The number of anilines is 3. The first-order valence-electron chi connectivity index (χ1n) is 10.6. The number of carbonyl (C=O) groups excluding carboxylic acids is 2. The molecule has 0 radical (unpaired) electrons. The maximum absolute atomic E-state index is 12.6. The zero-order valence-electron chi connectivity index (χ0n) is 18.8. The lowest BCUT2D eigenvalue weighted by Crippen LogP contribution is -2.57. The molecule has 0 bridgehead atoms. The smallest absolute Gasteiger partial charge is 0.276 e. The third kappa shape index (κ3) is 3.82. The molecule has 31 heavy (non-hydrogen) atoms. The van der Waals surface area contributed by atoms with Gasteiger partial charge in [0.2, 0.25) is 11.9 Å². The van der Waals surface area contributed by atoms with Crippen molar-refractivity contribution in [3.8, 4) is 0 Å². The summed E-state index contributed by atoms with van der Waals surface area (Å²) in [6, 6.07) is 1.46. The van der Waals surface area contributed by atoms with Gasteiger partial charge in [0, 0.05) is 32.1 Å². The number of hydrogen-bond donors (Lipinski definition) is 2. The zero-order valence-corrected chi connectivity index (χ0v) is 18.8. The summed E-state index contributed by atoms with van der Waals surface area (Å²) in [5, 5.41) is 10.1. The molecule has 2 aliphatic rings. The fraction of sp³-hybridized carbons (Fsp3) is 0.571. The van der Waals surface area contributed by atoms with E-state index in [2.05, 4.69) is 25.8 Å². The molecule has 0 saturated carbocycles. The minimum absolute atomic E-state index is 0.0426. The molecule has 0 spiro atoms. The van der Waals surface area contributed by atoms with Crippen LogP contribution < -0.4 is 15.5 Å². The number of nitrogens with one attached hydrogen (secondary N) is 2. The van der Waals surface area contributed by atoms with Crippen molar-refractivity contribution in [2.45, 2.75) is 52.6 Å². The van der Waals surface area contributed by atoms with Crippen LogP contribution in [-0.4, -0.2) is 64.1 Å². The Hall–Kier alpha value is -3.17. The third-order valence-electron chi connectivity index (χ3n) is 5.79. The number of rotatable bonds is 5. The van der Waals surface area contributed by atoms with Crippen LogP contribution in [0.4, 0.5) is 17.5 Å². The second-order valence-corrected chi connectivity index (χ2v) is 8.94. The molecule has 4 rings (SSSR count). The van der Waals surface area contributed by atoms with Gasteiger partial charge in [-0.25, -0.2) is 4.98 Å². The lowest BCUT2D eigenvalue weighted by atomic mass is 9.99. The van der Waals surface area contributed by atoms with E-state index >= 15 is 0 Å². The number of fused-ring (bicyclic) bond motifs is 1. The molecule has 4 heterocycles. The topological polar surface area (TPSA) is 116 Å². The van der Waals surface area contributed by atoms with Gasteiger partial charge in [0.15, 0.2) is 11.5 Å². The Balaban J connectivity index is 1.43. The fourth-order valence-corrected chi connectivity index (χ4v) is 4.02. The van der Waals surface area contributed by atoms with Gasteiger partial charge in [0.05, 0.1) is 11.7 Å². The second-order valence-electron chi connectivity index (χ2n) is 8.94. The van der Waals surface area contributed by atoms with Gasteiger partial charge >= 0.3 is 0 Å². The van der Waals surface area contributed by atoms with E-state index in [9.17, 15) is 9.59 Å². The molecule has 0 aliphatic carbocycles. The molecule has 2 aliphatic heterocycles. The summed E-state index contributed by atoms with van der Waals surface area (Å²) in [5.74, 6) is 2.03. The average molecular weight is 428 g/mol. The number of likely N-dealkylation sites (tertiary alicyclic amines) is 1. The molecule has 1 fully saturated rings. The van der Waals surface area contributed by atoms with E-state index in [-0.39, 0.29) is 35.7 Å². The van der Waals surface area contributed by atoms with Gasteiger partial charge in [-0.05, 0) is 12.8 Å². The minimum Gasteiger partial charge on any atom is -0.360 e. The Labute approximate surface area is 181 Å². The lowest BCUT2D eigenvalue weighted by molar-refractivity contribution is -0.118. The van der Waals surface area contributed by atoms with E-state index in [4.69, 9.17) is 4.52 Å². The number of hydrogen-bond acceptors (Lipinski definition) is 8. The van der Waals surface area contributed by atoms with Crippen molar-refractivity contribution < 1.29 is 14.1 Å². The maximum atomic E-state index is 12.6. The molecule has 2 amide bonds. The summed E-state index contributed by atoms with van der Waals surface area (Å²) in [5.41, 5.74) is 1.68. The summed E-state index contributed by atoms with van der Waals surface area (Å²) in [4.78, 5) is 37.8. The Bertz CT molecular complexity index is 1010. The minimum atomic E-state index is -0.287. The normalized spacial score (nSPS) is 18.8. The molecule has 2 aromatic rings. The summed E-state index contributed by atoms with van der Waals surface area (Å²) < 4.78 is 5.23. The van der Waals surface area contributed by atoms with Crippen LogP contribution in [0.5, 0.6) is 0 Å². The summed E-state index contributed by atoms with van der Waals surface area (Å²) in [6.07, 6.45) is 0. The number of aromatic nitrogens is 3. The molecule has 10 heteroatoms. The Morgan fingerprint density at radius 3 is 2.58 bits per heavy atom.